The minimum absolute atomic E-state index is 0.103. The summed E-state index contributed by atoms with van der Waals surface area (Å²) in [6.45, 7) is 6.11. The van der Waals surface area contributed by atoms with Crippen molar-refractivity contribution in [1.29, 1.82) is 0 Å². The smallest absolute Gasteiger partial charge is 0.256 e. The third-order valence-electron chi connectivity index (χ3n) is 6.62. The molecule has 1 atom stereocenters. The van der Waals surface area contributed by atoms with Crippen molar-refractivity contribution < 1.29 is 14.4 Å². The van der Waals surface area contributed by atoms with Gasteiger partial charge in [-0.1, -0.05) is 30.3 Å². The van der Waals surface area contributed by atoms with Crippen LogP contribution in [0.4, 0.5) is 5.69 Å². The number of para-hydroxylation sites is 1. The molecular weight excluding hydrogens is 416 g/mol. The number of carbonyl (C=O) groups is 3. The molecule has 0 aliphatic carbocycles. The van der Waals surface area contributed by atoms with Crippen LogP contribution in [0, 0.1) is 0 Å². The molecule has 7 heteroatoms. The van der Waals surface area contributed by atoms with Gasteiger partial charge in [0, 0.05) is 44.8 Å². The van der Waals surface area contributed by atoms with E-state index in [0.717, 1.165) is 25.9 Å². The molecule has 174 valence electrons. The van der Waals surface area contributed by atoms with Crippen molar-refractivity contribution in [3.05, 3.63) is 65.7 Å². The molecule has 0 radical (unpaired) electrons. The standard InChI is InChI=1S/C26H32N4O3/c1-20(25(32)29-14-8-3-9-15-29)28-16-18-30(19-17-28)26(33)22-12-6-7-13-23(22)27-24(31)21-10-4-2-5-11-21/h2,4-7,10-13,20H,3,8-9,14-19H2,1H3,(H,27,31). The average molecular weight is 449 g/mol. The molecule has 0 saturated carbocycles. The summed E-state index contributed by atoms with van der Waals surface area (Å²) in [5.74, 6) is -0.150. The lowest BCUT2D eigenvalue weighted by Gasteiger charge is -2.39. The molecule has 2 saturated heterocycles. The van der Waals surface area contributed by atoms with Crippen LogP contribution in [0.3, 0.4) is 0 Å². The lowest BCUT2D eigenvalue weighted by molar-refractivity contribution is -0.137. The van der Waals surface area contributed by atoms with Crippen LogP contribution in [0.2, 0.25) is 0 Å². The predicted molar refractivity (Wildman–Crippen MR) is 128 cm³/mol. The Morgan fingerprint density at radius 3 is 2.09 bits per heavy atom. The Morgan fingerprint density at radius 1 is 0.758 bits per heavy atom. The lowest BCUT2D eigenvalue weighted by Crippen LogP contribution is -2.56. The van der Waals surface area contributed by atoms with Gasteiger partial charge in [0.15, 0.2) is 0 Å². The average Bonchev–Trinajstić information content (AvgIpc) is 2.89. The number of rotatable bonds is 5. The normalized spacial score (nSPS) is 18.0. The zero-order chi connectivity index (χ0) is 23.2. The monoisotopic (exact) mass is 448 g/mol. The lowest BCUT2D eigenvalue weighted by atomic mass is 10.1. The highest BCUT2D eigenvalue weighted by Crippen LogP contribution is 2.20. The Bertz CT molecular complexity index is 980. The van der Waals surface area contributed by atoms with Gasteiger partial charge >= 0.3 is 0 Å². The number of amides is 3. The van der Waals surface area contributed by atoms with Crippen molar-refractivity contribution in [1.82, 2.24) is 14.7 Å². The van der Waals surface area contributed by atoms with Crippen molar-refractivity contribution in [2.75, 3.05) is 44.6 Å². The quantitative estimate of drug-likeness (QED) is 0.763. The van der Waals surface area contributed by atoms with E-state index >= 15 is 0 Å². The number of benzene rings is 2. The van der Waals surface area contributed by atoms with Crippen molar-refractivity contribution in [3.63, 3.8) is 0 Å². The molecule has 2 aromatic carbocycles. The van der Waals surface area contributed by atoms with Crippen molar-refractivity contribution >= 4 is 23.4 Å². The van der Waals surface area contributed by atoms with E-state index in [1.165, 1.54) is 6.42 Å². The number of piperazine rings is 1. The number of anilines is 1. The van der Waals surface area contributed by atoms with Crippen LogP contribution in [-0.2, 0) is 4.79 Å². The molecule has 33 heavy (non-hydrogen) atoms. The number of piperidine rings is 1. The van der Waals surface area contributed by atoms with Crippen LogP contribution in [0.5, 0.6) is 0 Å². The fourth-order valence-electron chi connectivity index (χ4n) is 4.58. The van der Waals surface area contributed by atoms with Gasteiger partial charge in [-0.3, -0.25) is 19.3 Å². The number of hydrogen-bond donors (Lipinski definition) is 1. The zero-order valence-corrected chi connectivity index (χ0v) is 19.2. The topological polar surface area (TPSA) is 73.0 Å². The maximum Gasteiger partial charge on any atom is 0.256 e. The van der Waals surface area contributed by atoms with E-state index in [1.54, 1.807) is 30.3 Å². The minimum atomic E-state index is -0.245. The van der Waals surface area contributed by atoms with Gasteiger partial charge in [-0.25, -0.2) is 0 Å². The van der Waals surface area contributed by atoms with Gasteiger partial charge in [-0.15, -0.1) is 0 Å². The molecule has 7 nitrogen and oxygen atoms in total. The van der Waals surface area contributed by atoms with E-state index < -0.39 is 0 Å². The van der Waals surface area contributed by atoms with E-state index in [0.29, 0.717) is 43.0 Å². The summed E-state index contributed by atoms with van der Waals surface area (Å²) in [6, 6.07) is 15.9. The molecule has 0 aromatic heterocycles. The highest BCUT2D eigenvalue weighted by atomic mass is 16.2. The van der Waals surface area contributed by atoms with Crippen LogP contribution in [-0.4, -0.2) is 77.7 Å². The Morgan fingerprint density at radius 2 is 1.39 bits per heavy atom. The SMILES string of the molecule is CC(C(=O)N1CCCCC1)N1CCN(C(=O)c2ccccc2NC(=O)c2ccccc2)CC1. The first-order chi connectivity index (χ1) is 16.0. The second-order valence-corrected chi connectivity index (χ2v) is 8.76. The highest BCUT2D eigenvalue weighted by molar-refractivity contribution is 6.09. The minimum Gasteiger partial charge on any atom is -0.341 e. The van der Waals surface area contributed by atoms with Crippen LogP contribution in [0.1, 0.15) is 46.9 Å². The first kappa shape index (κ1) is 23.0. The molecule has 2 aliphatic heterocycles. The van der Waals surface area contributed by atoms with E-state index in [2.05, 4.69) is 10.2 Å². The van der Waals surface area contributed by atoms with E-state index in [9.17, 15) is 14.4 Å². The summed E-state index contributed by atoms with van der Waals surface area (Å²) < 4.78 is 0. The van der Waals surface area contributed by atoms with Crippen LogP contribution >= 0.6 is 0 Å². The molecular formula is C26H32N4O3. The fourth-order valence-corrected chi connectivity index (χ4v) is 4.58. The Hall–Kier alpha value is -3.19. The molecule has 4 rings (SSSR count). The molecule has 0 bridgehead atoms. The summed E-state index contributed by atoms with van der Waals surface area (Å²) >= 11 is 0. The predicted octanol–water partition coefficient (Wildman–Crippen LogP) is 3.10. The third kappa shape index (κ3) is 5.42. The number of nitrogens with zero attached hydrogens (tertiary/aromatic N) is 3. The van der Waals surface area contributed by atoms with Gasteiger partial charge in [0.1, 0.15) is 0 Å². The molecule has 2 heterocycles. The van der Waals surface area contributed by atoms with Crippen molar-refractivity contribution in [2.45, 2.75) is 32.2 Å². The molecule has 3 amide bonds. The molecule has 2 aliphatic rings. The van der Waals surface area contributed by atoms with E-state index in [-0.39, 0.29) is 23.8 Å². The number of nitrogens with one attached hydrogen (secondary N) is 1. The van der Waals surface area contributed by atoms with E-state index in [4.69, 9.17) is 0 Å². The molecule has 1 unspecified atom stereocenters. The largest absolute Gasteiger partial charge is 0.341 e. The van der Waals surface area contributed by atoms with Gasteiger partial charge in [0.2, 0.25) is 5.91 Å². The summed E-state index contributed by atoms with van der Waals surface area (Å²) in [7, 11) is 0. The van der Waals surface area contributed by atoms with Crippen molar-refractivity contribution in [2.24, 2.45) is 0 Å². The number of carbonyl (C=O) groups excluding carboxylic acids is 3. The Kier molecular flexibility index (Phi) is 7.40. The Labute approximate surface area is 195 Å². The molecule has 2 aromatic rings. The van der Waals surface area contributed by atoms with Crippen molar-refractivity contribution in [3.8, 4) is 0 Å². The second-order valence-electron chi connectivity index (χ2n) is 8.76. The molecule has 0 spiro atoms. The third-order valence-corrected chi connectivity index (χ3v) is 6.62. The second kappa shape index (κ2) is 10.6. The van der Waals surface area contributed by atoms with Gasteiger partial charge in [-0.2, -0.15) is 0 Å². The van der Waals surface area contributed by atoms with Crippen LogP contribution < -0.4 is 5.32 Å². The highest BCUT2D eigenvalue weighted by Gasteiger charge is 2.31. The fraction of sp³-hybridized carbons (Fsp3) is 0.423. The molecule has 2 fully saturated rings. The zero-order valence-electron chi connectivity index (χ0n) is 19.2. The summed E-state index contributed by atoms with van der Waals surface area (Å²) in [5, 5.41) is 2.88. The first-order valence-electron chi connectivity index (χ1n) is 11.8. The van der Waals surface area contributed by atoms with Gasteiger partial charge in [0.05, 0.1) is 17.3 Å². The molecule has 1 N–H and O–H groups in total. The summed E-state index contributed by atoms with van der Waals surface area (Å²) in [6.07, 6.45) is 3.37. The maximum absolute atomic E-state index is 13.3. The maximum atomic E-state index is 13.3. The van der Waals surface area contributed by atoms with E-state index in [1.807, 2.05) is 41.0 Å². The Balaban J connectivity index is 1.37. The van der Waals surface area contributed by atoms with Crippen LogP contribution in [0.25, 0.3) is 0 Å². The first-order valence-corrected chi connectivity index (χ1v) is 11.8. The summed E-state index contributed by atoms with van der Waals surface area (Å²) in [5.41, 5.74) is 1.53. The number of hydrogen-bond acceptors (Lipinski definition) is 4. The summed E-state index contributed by atoms with van der Waals surface area (Å²) in [4.78, 5) is 44.7. The van der Waals surface area contributed by atoms with Crippen LogP contribution in [0.15, 0.2) is 54.6 Å². The van der Waals surface area contributed by atoms with Gasteiger partial charge < -0.3 is 15.1 Å². The van der Waals surface area contributed by atoms with Gasteiger partial charge in [0.25, 0.3) is 11.8 Å². The van der Waals surface area contributed by atoms with Gasteiger partial charge in [-0.05, 0) is 50.5 Å². The number of likely N-dealkylation sites (tertiary alicyclic amines) is 1.